The molecule has 0 aliphatic carbocycles. The Bertz CT molecular complexity index is 470. The van der Waals surface area contributed by atoms with Gasteiger partial charge >= 0.3 is 0 Å². The van der Waals surface area contributed by atoms with Crippen molar-refractivity contribution in [3.8, 4) is 0 Å². The first-order chi connectivity index (χ1) is 8.75. The second kappa shape index (κ2) is 6.61. The quantitative estimate of drug-likeness (QED) is 0.651. The second-order valence-electron chi connectivity index (χ2n) is 3.89. The van der Waals surface area contributed by atoms with Crippen molar-refractivity contribution in [1.29, 1.82) is 0 Å². The molecule has 0 saturated carbocycles. The lowest BCUT2D eigenvalue weighted by molar-refractivity contribution is 0.972. The van der Waals surface area contributed by atoms with E-state index in [2.05, 4.69) is 27.6 Å². The molecule has 0 aliphatic heterocycles. The van der Waals surface area contributed by atoms with Crippen LogP contribution in [0, 0.1) is 0 Å². The van der Waals surface area contributed by atoms with Gasteiger partial charge in [-0.3, -0.25) is 0 Å². The highest BCUT2D eigenvalue weighted by atomic mass is 32.2. The molecule has 0 radical (unpaired) electrons. The first-order valence-electron chi connectivity index (χ1n) is 5.68. The number of hydrogen-bond acceptors (Lipinski definition) is 6. The minimum Gasteiger partial charge on any atom is -0.384 e. The number of benzene rings is 1. The standard InChI is InChI=1S/C12H16N4S2/c1-16(2)11-14-15-12(18-11)17-9-8-13-10-6-4-3-5-7-10/h3-7,13H,8-9H2,1-2H3. The van der Waals surface area contributed by atoms with Gasteiger partial charge in [0.2, 0.25) is 5.13 Å². The summed E-state index contributed by atoms with van der Waals surface area (Å²) in [5.74, 6) is 0.983. The molecule has 1 heterocycles. The Labute approximate surface area is 115 Å². The van der Waals surface area contributed by atoms with Crippen molar-refractivity contribution in [3.05, 3.63) is 30.3 Å². The summed E-state index contributed by atoms with van der Waals surface area (Å²) in [6.07, 6.45) is 0. The second-order valence-corrected chi connectivity index (χ2v) is 6.18. The number of thioether (sulfide) groups is 1. The third kappa shape index (κ3) is 3.89. The molecule has 0 fully saturated rings. The zero-order valence-electron chi connectivity index (χ0n) is 10.5. The minimum absolute atomic E-state index is 0.922. The van der Waals surface area contributed by atoms with Crippen molar-refractivity contribution >= 4 is 33.9 Å². The van der Waals surface area contributed by atoms with Crippen LogP contribution in [-0.4, -0.2) is 36.6 Å². The van der Waals surface area contributed by atoms with E-state index in [1.807, 2.05) is 37.2 Å². The van der Waals surface area contributed by atoms with E-state index in [9.17, 15) is 0 Å². The Morgan fingerprint density at radius 1 is 1.22 bits per heavy atom. The maximum absolute atomic E-state index is 4.14. The lowest BCUT2D eigenvalue weighted by Gasteiger charge is -2.04. The summed E-state index contributed by atoms with van der Waals surface area (Å²) in [6, 6.07) is 10.2. The van der Waals surface area contributed by atoms with E-state index in [0.717, 1.165) is 27.5 Å². The third-order valence-electron chi connectivity index (χ3n) is 2.21. The largest absolute Gasteiger partial charge is 0.384 e. The van der Waals surface area contributed by atoms with Crippen LogP contribution in [-0.2, 0) is 0 Å². The SMILES string of the molecule is CN(C)c1nnc(SCCNc2ccccc2)s1. The zero-order valence-corrected chi connectivity index (χ0v) is 12.1. The fourth-order valence-electron chi connectivity index (χ4n) is 1.33. The molecule has 0 spiro atoms. The van der Waals surface area contributed by atoms with Crippen LogP contribution < -0.4 is 10.2 Å². The summed E-state index contributed by atoms with van der Waals surface area (Å²) in [5, 5.41) is 12.6. The average molecular weight is 280 g/mol. The highest BCUT2D eigenvalue weighted by molar-refractivity contribution is 8.01. The lowest BCUT2D eigenvalue weighted by atomic mass is 10.3. The summed E-state index contributed by atoms with van der Waals surface area (Å²) >= 11 is 3.36. The van der Waals surface area contributed by atoms with Gasteiger partial charge in [0, 0.05) is 32.1 Å². The van der Waals surface area contributed by atoms with Crippen molar-refractivity contribution in [2.24, 2.45) is 0 Å². The Hall–Kier alpha value is -1.27. The number of anilines is 2. The number of nitrogens with one attached hydrogen (secondary N) is 1. The van der Waals surface area contributed by atoms with E-state index in [1.54, 1.807) is 23.1 Å². The zero-order chi connectivity index (χ0) is 12.8. The third-order valence-corrected chi connectivity index (χ3v) is 4.43. The van der Waals surface area contributed by atoms with E-state index in [4.69, 9.17) is 0 Å². The Balaban J connectivity index is 1.72. The molecular weight excluding hydrogens is 264 g/mol. The van der Waals surface area contributed by atoms with Gasteiger partial charge in [0.15, 0.2) is 4.34 Å². The minimum atomic E-state index is 0.922. The van der Waals surface area contributed by atoms with Gasteiger partial charge in [0.25, 0.3) is 0 Å². The lowest BCUT2D eigenvalue weighted by Crippen LogP contribution is -2.07. The molecule has 1 aromatic heterocycles. The van der Waals surface area contributed by atoms with Crippen LogP contribution in [0.5, 0.6) is 0 Å². The Kier molecular flexibility index (Phi) is 4.83. The van der Waals surface area contributed by atoms with E-state index < -0.39 is 0 Å². The molecule has 0 unspecified atom stereocenters. The molecule has 0 amide bonds. The molecule has 4 nitrogen and oxygen atoms in total. The first-order valence-corrected chi connectivity index (χ1v) is 7.48. The van der Waals surface area contributed by atoms with E-state index in [1.165, 1.54) is 0 Å². The van der Waals surface area contributed by atoms with Crippen molar-refractivity contribution in [2.75, 3.05) is 36.6 Å². The predicted molar refractivity (Wildman–Crippen MR) is 79.9 cm³/mol. The number of hydrogen-bond donors (Lipinski definition) is 1. The van der Waals surface area contributed by atoms with Gasteiger partial charge in [-0.2, -0.15) is 0 Å². The topological polar surface area (TPSA) is 41.1 Å². The highest BCUT2D eigenvalue weighted by Gasteiger charge is 2.05. The molecule has 1 aromatic carbocycles. The van der Waals surface area contributed by atoms with Crippen LogP contribution in [0.15, 0.2) is 34.7 Å². The van der Waals surface area contributed by atoms with Crippen LogP contribution in [0.3, 0.4) is 0 Å². The summed E-state index contributed by atoms with van der Waals surface area (Å²) in [5.41, 5.74) is 1.16. The number of para-hydroxylation sites is 1. The van der Waals surface area contributed by atoms with Crippen LogP contribution >= 0.6 is 23.1 Å². The molecule has 2 aromatic rings. The van der Waals surface area contributed by atoms with E-state index in [-0.39, 0.29) is 0 Å². The van der Waals surface area contributed by atoms with Crippen molar-refractivity contribution in [3.63, 3.8) is 0 Å². The van der Waals surface area contributed by atoms with Gasteiger partial charge in [-0.1, -0.05) is 41.3 Å². The number of aromatic nitrogens is 2. The van der Waals surface area contributed by atoms with E-state index in [0.29, 0.717) is 0 Å². The van der Waals surface area contributed by atoms with E-state index >= 15 is 0 Å². The maximum Gasteiger partial charge on any atom is 0.208 e. The van der Waals surface area contributed by atoms with Gasteiger partial charge in [0.1, 0.15) is 0 Å². The van der Waals surface area contributed by atoms with Crippen LogP contribution in [0.1, 0.15) is 0 Å². The summed E-state index contributed by atoms with van der Waals surface area (Å²) in [7, 11) is 3.96. The van der Waals surface area contributed by atoms with Crippen molar-refractivity contribution in [1.82, 2.24) is 10.2 Å². The molecule has 1 N–H and O–H groups in total. The molecular formula is C12H16N4S2. The number of rotatable bonds is 6. The maximum atomic E-state index is 4.14. The van der Waals surface area contributed by atoms with Crippen molar-refractivity contribution < 1.29 is 0 Å². The van der Waals surface area contributed by atoms with Crippen LogP contribution in [0.25, 0.3) is 0 Å². The molecule has 0 atom stereocenters. The van der Waals surface area contributed by atoms with Gasteiger partial charge in [0.05, 0.1) is 0 Å². The smallest absolute Gasteiger partial charge is 0.208 e. The normalized spacial score (nSPS) is 10.3. The monoisotopic (exact) mass is 280 g/mol. The average Bonchev–Trinajstić information content (AvgIpc) is 2.85. The van der Waals surface area contributed by atoms with Crippen LogP contribution in [0.4, 0.5) is 10.8 Å². The van der Waals surface area contributed by atoms with Gasteiger partial charge in [-0.25, -0.2) is 0 Å². The highest BCUT2D eigenvalue weighted by Crippen LogP contribution is 2.26. The van der Waals surface area contributed by atoms with Gasteiger partial charge in [-0.05, 0) is 12.1 Å². The Morgan fingerprint density at radius 2 is 2.00 bits per heavy atom. The predicted octanol–water partition coefficient (Wildman–Crippen LogP) is 2.81. The Morgan fingerprint density at radius 3 is 2.67 bits per heavy atom. The summed E-state index contributed by atoms with van der Waals surface area (Å²) < 4.78 is 1.02. The molecule has 0 aliphatic rings. The number of nitrogens with zero attached hydrogens (tertiary/aromatic N) is 3. The molecule has 2 rings (SSSR count). The molecule has 18 heavy (non-hydrogen) atoms. The molecule has 6 heteroatoms. The van der Waals surface area contributed by atoms with Crippen molar-refractivity contribution in [2.45, 2.75) is 4.34 Å². The first kappa shape index (κ1) is 13.2. The summed E-state index contributed by atoms with van der Waals surface area (Å²) in [6.45, 7) is 0.922. The fourth-order valence-corrected chi connectivity index (χ4v) is 3.02. The van der Waals surface area contributed by atoms with Gasteiger partial charge in [-0.15, -0.1) is 10.2 Å². The molecule has 0 bridgehead atoms. The van der Waals surface area contributed by atoms with Gasteiger partial charge < -0.3 is 10.2 Å². The van der Waals surface area contributed by atoms with Crippen LogP contribution in [0.2, 0.25) is 0 Å². The fraction of sp³-hybridized carbons (Fsp3) is 0.333. The molecule has 0 saturated heterocycles. The molecule has 96 valence electrons. The summed E-state index contributed by atoms with van der Waals surface area (Å²) in [4.78, 5) is 1.98.